The Morgan fingerprint density at radius 1 is 0.962 bits per heavy atom. The number of methoxy groups -OCH3 is 1. The topological polar surface area (TPSA) is 72.0 Å². The van der Waals surface area contributed by atoms with Gasteiger partial charge in [-0.1, -0.05) is 24.3 Å². The van der Waals surface area contributed by atoms with Crippen LogP contribution in [0.25, 0.3) is 0 Å². The molecule has 7 heteroatoms. The van der Waals surface area contributed by atoms with Crippen molar-refractivity contribution in [3.63, 3.8) is 0 Å². The Kier molecular flexibility index (Phi) is 5.92. The summed E-state index contributed by atoms with van der Waals surface area (Å²) < 4.78 is 18.0. The smallest absolute Gasteiger partial charge is 0.244 e. The first-order chi connectivity index (χ1) is 12.7. The maximum absolute atomic E-state index is 12.9. The first-order valence-electron chi connectivity index (χ1n) is 8.28. The first kappa shape index (κ1) is 17.6. The van der Waals surface area contributed by atoms with Gasteiger partial charge >= 0.3 is 0 Å². The molecule has 0 radical (unpaired) electrons. The molecule has 3 aromatic rings. The summed E-state index contributed by atoms with van der Waals surface area (Å²) in [4.78, 5) is 4.39. The van der Waals surface area contributed by atoms with Crippen LogP contribution in [0.2, 0.25) is 0 Å². The highest BCUT2D eigenvalue weighted by atomic mass is 19.1. The molecule has 6 nitrogen and oxygen atoms in total. The molecule has 0 atom stereocenters. The summed E-state index contributed by atoms with van der Waals surface area (Å²) in [6.45, 7) is 1.26. The molecule has 0 saturated carbocycles. The lowest BCUT2D eigenvalue weighted by Gasteiger charge is -2.08. The summed E-state index contributed by atoms with van der Waals surface area (Å²) in [5.74, 6) is 1.68. The van der Waals surface area contributed by atoms with Gasteiger partial charge in [-0.15, -0.1) is 5.10 Å². The third kappa shape index (κ3) is 5.14. The Balaban J connectivity index is 1.49. The molecule has 0 amide bonds. The van der Waals surface area contributed by atoms with Crippen LogP contribution in [0.1, 0.15) is 11.1 Å². The first-order valence-corrected chi connectivity index (χ1v) is 8.28. The molecule has 0 aliphatic heterocycles. The number of nitrogens with one attached hydrogen (secondary N) is 2. The van der Waals surface area contributed by atoms with E-state index in [0.29, 0.717) is 24.9 Å². The van der Waals surface area contributed by atoms with Crippen molar-refractivity contribution in [1.29, 1.82) is 0 Å². The van der Waals surface area contributed by atoms with Gasteiger partial charge in [0.25, 0.3) is 0 Å². The second kappa shape index (κ2) is 8.75. The molecule has 0 bridgehead atoms. The van der Waals surface area contributed by atoms with Crippen LogP contribution in [0.15, 0.2) is 54.7 Å². The van der Waals surface area contributed by atoms with Crippen molar-refractivity contribution in [1.82, 2.24) is 15.2 Å². The minimum atomic E-state index is -0.232. The summed E-state index contributed by atoms with van der Waals surface area (Å²) in [5.41, 5.74) is 2.15. The predicted molar refractivity (Wildman–Crippen MR) is 98.7 cm³/mol. The minimum Gasteiger partial charge on any atom is -0.497 e. The third-order valence-corrected chi connectivity index (χ3v) is 3.80. The van der Waals surface area contributed by atoms with Gasteiger partial charge in [-0.05, 0) is 41.8 Å². The van der Waals surface area contributed by atoms with Gasteiger partial charge in [0, 0.05) is 13.1 Å². The standard InChI is InChI=1S/C19H20FN5O/c1-26-17-8-4-15(5-9-17)12-22-18-13-23-25-19(24-18)21-11-10-14-2-6-16(20)7-3-14/h2-9,13H,10-12H2,1H3,(H2,21,22,24,25). The van der Waals surface area contributed by atoms with Crippen LogP contribution in [-0.4, -0.2) is 28.8 Å². The molecule has 0 unspecified atom stereocenters. The van der Waals surface area contributed by atoms with Crippen molar-refractivity contribution in [3.05, 3.63) is 71.7 Å². The van der Waals surface area contributed by atoms with Gasteiger partial charge < -0.3 is 15.4 Å². The van der Waals surface area contributed by atoms with Crippen LogP contribution in [0.4, 0.5) is 16.2 Å². The average molecular weight is 353 g/mol. The van der Waals surface area contributed by atoms with Crippen molar-refractivity contribution in [2.75, 3.05) is 24.3 Å². The lowest BCUT2D eigenvalue weighted by atomic mass is 10.1. The summed E-state index contributed by atoms with van der Waals surface area (Å²) in [6.07, 6.45) is 2.32. The Hall–Kier alpha value is -3.22. The monoisotopic (exact) mass is 353 g/mol. The van der Waals surface area contributed by atoms with E-state index >= 15 is 0 Å². The van der Waals surface area contributed by atoms with Crippen molar-refractivity contribution in [2.24, 2.45) is 0 Å². The number of nitrogens with zero attached hydrogens (tertiary/aromatic N) is 3. The molecule has 0 aliphatic rings. The molecule has 1 heterocycles. The number of hydrogen-bond acceptors (Lipinski definition) is 6. The zero-order valence-corrected chi connectivity index (χ0v) is 14.4. The van der Waals surface area contributed by atoms with Crippen molar-refractivity contribution in [2.45, 2.75) is 13.0 Å². The molecule has 0 saturated heterocycles. The van der Waals surface area contributed by atoms with E-state index in [1.54, 1.807) is 25.4 Å². The summed E-state index contributed by atoms with van der Waals surface area (Å²) in [7, 11) is 1.64. The number of ether oxygens (including phenoxy) is 1. The van der Waals surface area contributed by atoms with Crippen molar-refractivity contribution < 1.29 is 9.13 Å². The fraction of sp³-hybridized carbons (Fsp3) is 0.211. The average Bonchev–Trinajstić information content (AvgIpc) is 2.69. The van der Waals surface area contributed by atoms with Gasteiger partial charge in [0.2, 0.25) is 5.95 Å². The molecule has 134 valence electrons. The van der Waals surface area contributed by atoms with Crippen LogP contribution in [0.3, 0.4) is 0 Å². The molecule has 0 aliphatic carbocycles. The van der Waals surface area contributed by atoms with E-state index in [1.807, 2.05) is 24.3 Å². The van der Waals surface area contributed by atoms with Gasteiger partial charge in [0.1, 0.15) is 11.6 Å². The number of benzene rings is 2. The van der Waals surface area contributed by atoms with E-state index in [0.717, 1.165) is 23.3 Å². The highest BCUT2D eigenvalue weighted by Gasteiger charge is 2.02. The molecule has 2 aromatic carbocycles. The van der Waals surface area contributed by atoms with E-state index in [2.05, 4.69) is 25.8 Å². The van der Waals surface area contributed by atoms with Gasteiger partial charge in [-0.3, -0.25) is 0 Å². The van der Waals surface area contributed by atoms with Gasteiger partial charge in [-0.2, -0.15) is 10.1 Å². The highest BCUT2D eigenvalue weighted by molar-refractivity contribution is 5.38. The third-order valence-electron chi connectivity index (χ3n) is 3.80. The highest BCUT2D eigenvalue weighted by Crippen LogP contribution is 2.13. The van der Waals surface area contributed by atoms with Gasteiger partial charge in [0.05, 0.1) is 13.3 Å². The van der Waals surface area contributed by atoms with Crippen LogP contribution in [0, 0.1) is 5.82 Å². The summed E-state index contributed by atoms with van der Waals surface area (Å²) >= 11 is 0. The van der Waals surface area contributed by atoms with Gasteiger partial charge in [0.15, 0.2) is 5.82 Å². The molecule has 0 spiro atoms. The second-order valence-corrected chi connectivity index (χ2v) is 5.67. The van der Waals surface area contributed by atoms with E-state index < -0.39 is 0 Å². The molecular weight excluding hydrogens is 333 g/mol. The van der Waals surface area contributed by atoms with Crippen LogP contribution in [-0.2, 0) is 13.0 Å². The lowest BCUT2D eigenvalue weighted by molar-refractivity contribution is 0.414. The fourth-order valence-corrected chi connectivity index (χ4v) is 2.37. The quantitative estimate of drug-likeness (QED) is 0.647. The normalized spacial score (nSPS) is 10.4. The number of halogens is 1. The summed E-state index contributed by atoms with van der Waals surface area (Å²) in [5, 5.41) is 14.3. The predicted octanol–water partition coefficient (Wildman–Crippen LogP) is 3.29. The molecule has 3 rings (SSSR count). The number of aromatic nitrogens is 3. The number of anilines is 2. The van der Waals surface area contributed by atoms with E-state index in [4.69, 9.17) is 4.74 Å². The van der Waals surface area contributed by atoms with Crippen molar-refractivity contribution in [3.8, 4) is 5.75 Å². The molecule has 2 N–H and O–H groups in total. The molecule has 0 fully saturated rings. The maximum atomic E-state index is 12.9. The van der Waals surface area contributed by atoms with Crippen molar-refractivity contribution >= 4 is 11.8 Å². The van der Waals surface area contributed by atoms with Crippen LogP contribution < -0.4 is 15.4 Å². The second-order valence-electron chi connectivity index (χ2n) is 5.67. The number of hydrogen-bond donors (Lipinski definition) is 2. The zero-order chi connectivity index (χ0) is 18.2. The van der Waals surface area contributed by atoms with Crippen LogP contribution >= 0.6 is 0 Å². The lowest BCUT2D eigenvalue weighted by Crippen LogP contribution is -2.10. The SMILES string of the molecule is COc1ccc(CNc2cnnc(NCCc3ccc(F)cc3)n2)cc1. The Morgan fingerprint density at radius 2 is 1.69 bits per heavy atom. The Labute approximate surface area is 151 Å². The molecular formula is C19H20FN5O. The summed E-state index contributed by atoms with van der Waals surface area (Å²) in [6, 6.07) is 14.3. The largest absolute Gasteiger partial charge is 0.497 e. The molecule has 26 heavy (non-hydrogen) atoms. The van der Waals surface area contributed by atoms with Crippen LogP contribution in [0.5, 0.6) is 5.75 Å². The Bertz CT molecular complexity index is 824. The maximum Gasteiger partial charge on any atom is 0.244 e. The van der Waals surface area contributed by atoms with E-state index in [-0.39, 0.29) is 5.82 Å². The minimum absolute atomic E-state index is 0.232. The fourth-order valence-electron chi connectivity index (χ4n) is 2.37. The number of rotatable bonds is 8. The zero-order valence-electron chi connectivity index (χ0n) is 14.4. The molecule has 1 aromatic heterocycles. The van der Waals surface area contributed by atoms with E-state index in [9.17, 15) is 4.39 Å². The Morgan fingerprint density at radius 3 is 2.42 bits per heavy atom. The van der Waals surface area contributed by atoms with E-state index in [1.165, 1.54) is 12.1 Å². The van der Waals surface area contributed by atoms with Gasteiger partial charge in [-0.25, -0.2) is 4.39 Å².